The van der Waals surface area contributed by atoms with Crippen molar-refractivity contribution in [1.29, 1.82) is 0 Å². The maximum atomic E-state index is 2.27. The highest BCUT2D eigenvalue weighted by atomic mass is 14.0. The molecule has 0 aliphatic heterocycles. The Kier molecular flexibility index (Phi) is 41.0. The third-order valence-corrected chi connectivity index (χ3v) is 6.74. The van der Waals surface area contributed by atoms with E-state index in [2.05, 4.69) is 187 Å². The van der Waals surface area contributed by atoms with E-state index in [1.807, 2.05) is 0 Å². The van der Waals surface area contributed by atoms with Crippen LogP contribution in [-0.2, 0) is 0 Å². The van der Waals surface area contributed by atoms with Crippen LogP contribution in [0.15, 0.2) is 146 Å². The maximum absolute atomic E-state index is 2.27. The predicted octanol–water partition coefficient (Wildman–Crippen LogP) is 15.5. The highest BCUT2D eigenvalue weighted by Gasteiger charge is 1.91. The van der Waals surface area contributed by atoms with Gasteiger partial charge in [0.1, 0.15) is 0 Å². The summed E-state index contributed by atoms with van der Waals surface area (Å²) in [6.07, 6.45) is 69.1. The minimum Gasteiger partial charge on any atom is -0.0888 e. The first-order valence-electron chi connectivity index (χ1n) is 18.5. The molecule has 0 spiro atoms. The van der Waals surface area contributed by atoms with Crippen LogP contribution >= 0.6 is 0 Å². The summed E-state index contributed by atoms with van der Waals surface area (Å²) in [4.78, 5) is 0. The normalized spacial score (nSPS) is 14.7. The summed E-state index contributed by atoms with van der Waals surface area (Å²) in [6.45, 7) is 13.3. The Labute approximate surface area is 288 Å². The molecule has 0 N–H and O–H groups in total. The molecule has 256 valence electrons. The number of unbranched alkanes of at least 4 members (excludes halogenated alkanes) is 2. The third kappa shape index (κ3) is 43.0. The summed E-state index contributed by atoms with van der Waals surface area (Å²) in [5.41, 5.74) is 0. The van der Waals surface area contributed by atoms with Crippen molar-refractivity contribution in [2.75, 3.05) is 0 Å². The maximum Gasteiger partial charge on any atom is -0.0166 e. The first-order chi connectivity index (χ1) is 22.6. The number of allylic oxidation sites excluding steroid dienone is 24. The molecule has 0 heterocycles. The molecule has 0 aliphatic carbocycles. The fourth-order valence-corrected chi connectivity index (χ4v) is 3.94. The van der Waals surface area contributed by atoms with Crippen LogP contribution in [0.3, 0.4) is 0 Å². The molecule has 0 amide bonds. The molecule has 0 nitrogen and oxygen atoms in total. The van der Waals surface area contributed by atoms with Crippen LogP contribution in [0.2, 0.25) is 0 Å². The second kappa shape index (κ2) is 41.9. The number of hydrogen-bond donors (Lipinski definition) is 0. The van der Waals surface area contributed by atoms with E-state index >= 15 is 0 Å². The molecule has 0 unspecified atom stereocenters. The van der Waals surface area contributed by atoms with Gasteiger partial charge in [-0.05, 0) is 88.9 Å². The zero-order valence-corrected chi connectivity index (χ0v) is 30.9. The molecule has 0 bridgehead atoms. The molecule has 0 saturated heterocycles. The molecule has 0 aliphatic rings. The first-order valence-corrected chi connectivity index (χ1v) is 18.5. The van der Waals surface area contributed by atoms with Crippen LogP contribution in [-0.4, -0.2) is 0 Å². The van der Waals surface area contributed by atoms with Gasteiger partial charge in [0.2, 0.25) is 0 Å². The van der Waals surface area contributed by atoms with Gasteiger partial charge in [-0.25, -0.2) is 0 Å². The third-order valence-electron chi connectivity index (χ3n) is 6.74. The number of hydrogen-bond acceptors (Lipinski definition) is 0. The van der Waals surface area contributed by atoms with Crippen LogP contribution in [0, 0.1) is 11.8 Å². The van der Waals surface area contributed by atoms with Crippen LogP contribution < -0.4 is 0 Å². The molecule has 0 aromatic rings. The summed E-state index contributed by atoms with van der Waals surface area (Å²) in [7, 11) is 0. The standard InChI is InChI=1S/2C23H36/c2*1-4-6-8-9-10-11-12-13-14-15-16-17-18-20-22-23(3)21-19-7-5-2/h2*7-9,11-12,14-15,17-20,22-23H,4-6,10,13,16,21H2,1-3H3/b2*9-8-,12-11-,15-14-,18-17-,19-7-,22-20+/t2*23-/m00/s1. The molecule has 46 heavy (non-hydrogen) atoms. The van der Waals surface area contributed by atoms with Gasteiger partial charge in [-0.15, -0.1) is 0 Å². The lowest BCUT2D eigenvalue weighted by Crippen LogP contribution is -1.84. The second-order valence-electron chi connectivity index (χ2n) is 11.6. The molecule has 0 rings (SSSR count). The van der Waals surface area contributed by atoms with Gasteiger partial charge in [-0.2, -0.15) is 0 Å². The minimum atomic E-state index is 0.620. The monoisotopic (exact) mass is 625 g/mol. The first kappa shape index (κ1) is 45.0. The van der Waals surface area contributed by atoms with Gasteiger partial charge in [0.05, 0.1) is 0 Å². The van der Waals surface area contributed by atoms with Gasteiger partial charge < -0.3 is 0 Å². The molecule has 2 atom stereocenters. The average molecular weight is 625 g/mol. The summed E-state index contributed by atoms with van der Waals surface area (Å²) in [5.74, 6) is 1.24. The van der Waals surface area contributed by atoms with Crippen LogP contribution in [0.5, 0.6) is 0 Å². The van der Waals surface area contributed by atoms with Crippen LogP contribution in [0.1, 0.15) is 131 Å². The van der Waals surface area contributed by atoms with Gasteiger partial charge in [-0.1, -0.05) is 200 Å². The molecular weight excluding hydrogens is 553 g/mol. The summed E-state index contributed by atoms with van der Waals surface area (Å²) in [6, 6.07) is 0. The summed E-state index contributed by atoms with van der Waals surface area (Å²) < 4.78 is 0. The van der Waals surface area contributed by atoms with Crippen LogP contribution in [0.25, 0.3) is 0 Å². The van der Waals surface area contributed by atoms with Crippen LogP contribution in [0.4, 0.5) is 0 Å². The van der Waals surface area contributed by atoms with Crippen molar-refractivity contribution in [1.82, 2.24) is 0 Å². The van der Waals surface area contributed by atoms with Crippen molar-refractivity contribution in [2.24, 2.45) is 11.8 Å². The largest absolute Gasteiger partial charge is 0.0888 e. The Morgan fingerprint density at radius 2 is 0.630 bits per heavy atom. The Balaban J connectivity index is 0. The lowest BCUT2D eigenvalue weighted by atomic mass is 10.1. The highest BCUT2D eigenvalue weighted by molar-refractivity contribution is 5.08. The quantitative estimate of drug-likeness (QED) is 0.0663. The second-order valence-corrected chi connectivity index (χ2v) is 11.6. The molecule has 0 aromatic heterocycles. The molecule has 0 aromatic carbocycles. The summed E-state index contributed by atoms with van der Waals surface area (Å²) in [5, 5.41) is 0. The lowest BCUT2D eigenvalue weighted by Gasteiger charge is -1.99. The van der Waals surface area contributed by atoms with Gasteiger partial charge in [0.15, 0.2) is 0 Å². The Morgan fingerprint density at radius 1 is 0.326 bits per heavy atom. The fraction of sp³-hybridized carbons (Fsp3) is 0.478. The van der Waals surface area contributed by atoms with E-state index in [0.717, 1.165) is 64.2 Å². The smallest absolute Gasteiger partial charge is 0.0166 e. The topological polar surface area (TPSA) is 0 Å². The number of rotatable bonds is 26. The predicted molar refractivity (Wildman–Crippen MR) is 215 cm³/mol. The van der Waals surface area contributed by atoms with Crippen molar-refractivity contribution >= 4 is 0 Å². The van der Waals surface area contributed by atoms with E-state index in [9.17, 15) is 0 Å². The molecule has 0 saturated carbocycles. The lowest BCUT2D eigenvalue weighted by molar-refractivity contribution is 0.742. The van der Waals surface area contributed by atoms with E-state index in [1.54, 1.807) is 0 Å². The average Bonchev–Trinajstić information content (AvgIpc) is 3.05. The van der Waals surface area contributed by atoms with Crippen molar-refractivity contribution in [3.05, 3.63) is 146 Å². The van der Waals surface area contributed by atoms with Crippen molar-refractivity contribution < 1.29 is 0 Å². The molecule has 0 heteroatoms. The van der Waals surface area contributed by atoms with Crippen molar-refractivity contribution in [3.63, 3.8) is 0 Å². The summed E-state index contributed by atoms with van der Waals surface area (Å²) >= 11 is 0. The fourth-order valence-electron chi connectivity index (χ4n) is 3.94. The van der Waals surface area contributed by atoms with E-state index < -0.39 is 0 Å². The Bertz CT molecular complexity index is 884. The van der Waals surface area contributed by atoms with Gasteiger partial charge in [0, 0.05) is 0 Å². The zero-order valence-electron chi connectivity index (χ0n) is 30.9. The van der Waals surface area contributed by atoms with E-state index in [4.69, 9.17) is 0 Å². The zero-order chi connectivity index (χ0) is 34.0. The molecule has 0 fully saturated rings. The van der Waals surface area contributed by atoms with E-state index in [-0.39, 0.29) is 0 Å². The molecular formula is C46H72. The Hall–Kier alpha value is -3.12. The minimum absolute atomic E-state index is 0.620. The van der Waals surface area contributed by atoms with Gasteiger partial charge in [0.25, 0.3) is 0 Å². The van der Waals surface area contributed by atoms with E-state index in [1.165, 1.54) is 25.7 Å². The SMILES string of the molecule is CC/C=C\C[C@H](C)/C=C/C=C\C/C=C\C/C=C\C/C=C\CCC.CC/C=C\C[C@H](C)/C=C/C=C\C/C=C\C/C=C\C/C=C\CCC. The van der Waals surface area contributed by atoms with Crippen molar-refractivity contribution in [2.45, 2.75) is 131 Å². The Morgan fingerprint density at radius 3 is 0.935 bits per heavy atom. The van der Waals surface area contributed by atoms with Crippen molar-refractivity contribution in [3.8, 4) is 0 Å². The molecule has 0 radical (unpaired) electrons. The van der Waals surface area contributed by atoms with E-state index in [0.29, 0.717) is 11.8 Å². The van der Waals surface area contributed by atoms with Gasteiger partial charge >= 0.3 is 0 Å². The van der Waals surface area contributed by atoms with Gasteiger partial charge in [-0.3, -0.25) is 0 Å². The highest BCUT2D eigenvalue weighted by Crippen LogP contribution is 2.06.